The Morgan fingerprint density at radius 1 is 1.35 bits per heavy atom. The zero-order chi connectivity index (χ0) is 26.8. The van der Waals surface area contributed by atoms with Crippen LogP contribution in [0.25, 0.3) is 11.0 Å². The maximum Gasteiger partial charge on any atom is 0.313 e. The van der Waals surface area contributed by atoms with Crippen LogP contribution in [0.4, 0.5) is 5.82 Å². The Labute approximate surface area is 220 Å². The van der Waals surface area contributed by atoms with Gasteiger partial charge in [0.25, 0.3) is 10.2 Å². The van der Waals surface area contributed by atoms with Crippen molar-refractivity contribution in [2.75, 3.05) is 44.2 Å². The highest BCUT2D eigenvalue weighted by atomic mass is 32.2. The summed E-state index contributed by atoms with van der Waals surface area (Å²) in [5.74, 6) is 1.01. The summed E-state index contributed by atoms with van der Waals surface area (Å²) in [4.78, 5) is 22.3. The molecule has 37 heavy (non-hydrogen) atoms. The van der Waals surface area contributed by atoms with Gasteiger partial charge in [0.05, 0.1) is 24.2 Å². The molecule has 2 fully saturated rings. The number of piperidine rings is 1. The van der Waals surface area contributed by atoms with Crippen LogP contribution < -0.4 is 4.90 Å². The molecule has 0 aliphatic carbocycles. The van der Waals surface area contributed by atoms with Crippen LogP contribution in [0.2, 0.25) is 25.7 Å². The first-order valence-electron chi connectivity index (χ1n) is 12.5. The highest BCUT2D eigenvalue weighted by Gasteiger charge is 2.50. The number of nitriles is 1. The number of aromatic nitrogens is 3. The van der Waals surface area contributed by atoms with E-state index in [0.717, 1.165) is 54.1 Å². The zero-order valence-corrected chi connectivity index (χ0v) is 23.8. The second-order valence-electron chi connectivity index (χ2n) is 11.4. The van der Waals surface area contributed by atoms with E-state index in [4.69, 9.17) is 10.00 Å². The molecule has 2 aromatic rings. The van der Waals surface area contributed by atoms with Gasteiger partial charge in [-0.15, -0.1) is 0 Å². The Kier molecular flexibility index (Phi) is 8.11. The first kappa shape index (κ1) is 27.7. The van der Waals surface area contributed by atoms with E-state index in [1.54, 1.807) is 6.33 Å². The maximum atomic E-state index is 13.2. The van der Waals surface area contributed by atoms with Gasteiger partial charge in [-0.1, -0.05) is 26.6 Å². The number of anilines is 1. The molecule has 14 heteroatoms. The molecule has 4 rings (SSSR count). The van der Waals surface area contributed by atoms with Crippen molar-refractivity contribution in [2.45, 2.75) is 45.8 Å². The average molecular weight is 545 g/mol. The molecule has 2 aromatic heterocycles. The zero-order valence-electron chi connectivity index (χ0n) is 22.0. The van der Waals surface area contributed by atoms with Gasteiger partial charge in [0, 0.05) is 52.5 Å². The molecule has 2 aliphatic heterocycles. The highest BCUT2D eigenvalue weighted by molar-refractivity contribution is 7.87. The van der Waals surface area contributed by atoms with Crippen LogP contribution in [0, 0.1) is 22.7 Å². The summed E-state index contributed by atoms with van der Waals surface area (Å²) in [6.45, 7) is 11.9. The van der Waals surface area contributed by atoms with Crippen molar-refractivity contribution in [2.24, 2.45) is 11.3 Å². The predicted molar refractivity (Wildman–Crippen MR) is 145 cm³/mol. The molecule has 199 valence electrons. The van der Waals surface area contributed by atoms with Crippen LogP contribution in [0.5, 0.6) is 0 Å². The topological polar surface area (TPSA) is 125 Å². The van der Waals surface area contributed by atoms with Gasteiger partial charge in [0.2, 0.25) is 0 Å². The van der Waals surface area contributed by atoms with Gasteiger partial charge in [-0.05, 0) is 24.4 Å². The molecule has 0 spiro atoms. The predicted octanol–water partition coefficient (Wildman–Crippen LogP) is 1.77. The monoisotopic (exact) mass is 544 g/mol. The fourth-order valence-electron chi connectivity index (χ4n) is 5.25. The van der Waals surface area contributed by atoms with Crippen LogP contribution >= 0.6 is 0 Å². The minimum Gasteiger partial charge on any atom is -0.361 e. The van der Waals surface area contributed by atoms with Crippen molar-refractivity contribution in [1.82, 2.24) is 23.1 Å². The first-order chi connectivity index (χ1) is 17.5. The second kappa shape index (κ2) is 10.8. The number of carbonyl (C=O) groups is 1. The first-order valence-corrected chi connectivity index (χ1v) is 17.6. The van der Waals surface area contributed by atoms with Crippen LogP contribution in [0.15, 0.2) is 18.6 Å². The van der Waals surface area contributed by atoms with Gasteiger partial charge in [-0.3, -0.25) is 0 Å². The number of hydrogen-bond donors (Lipinski definition) is 0. The fourth-order valence-corrected chi connectivity index (χ4v) is 7.55. The molecule has 2 saturated heterocycles. The van der Waals surface area contributed by atoms with Crippen LogP contribution in [0.3, 0.4) is 0 Å². The molecule has 11 nitrogen and oxygen atoms in total. The van der Waals surface area contributed by atoms with Gasteiger partial charge in [-0.2, -0.15) is 18.0 Å². The Bertz CT molecular complexity index is 1280. The lowest BCUT2D eigenvalue weighted by atomic mass is 9.75. The van der Waals surface area contributed by atoms with Crippen molar-refractivity contribution in [3.63, 3.8) is 0 Å². The summed E-state index contributed by atoms with van der Waals surface area (Å²) in [5.41, 5.74) is 0.516. The average Bonchev–Trinajstić information content (AvgIpc) is 3.41. The molecule has 0 bridgehead atoms. The normalized spacial score (nSPS) is 22.8. The minimum atomic E-state index is -3.96. The van der Waals surface area contributed by atoms with Gasteiger partial charge in [0.1, 0.15) is 24.5 Å². The van der Waals surface area contributed by atoms with E-state index < -0.39 is 24.8 Å². The van der Waals surface area contributed by atoms with Crippen molar-refractivity contribution >= 4 is 48.7 Å². The molecule has 0 amide bonds. The number of rotatable bonds is 11. The summed E-state index contributed by atoms with van der Waals surface area (Å²) >= 11 is 0. The summed E-state index contributed by atoms with van der Waals surface area (Å²) in [5, 5.41) is 9.98. The third-order valence-electron chi connectivity index (χ3n) is 7.38. The summed E-state index contributed by atoms with van der Waals surface area (Å²) in [6.07, 6.45) is 4.75. The fraction of sp³-hybridized carbons (Fsp3) is 0.652. The third-order valence-corrected chi connectivity index (χ3v) is 10.9. The molecule has 0 N–H and O–H groups in total. The Morgan fingerprint density at radius 2 is 2.14 bits per heavy atom. The van der Waals surface area contributed by atoms with Crippen molar-refractivity contribution in [3.8, 4) is 6.07 Å². The van der Waals surface area contributed by atoms with E-state index in [0.29, 0.717) is 32.6 Å². The molecule has 2 aliphatic rings. The number of fused-ring (bicyclic) bond motifs is 2. The van der Waals surface area contributed by atoms with Crippen LogP contribution in [-0.2, 0) is 26.5 Å². The quantitative estimate of drug-likeness (QED) is 0.181. The molecule has 0 unspecified atom stereocenters. The molecule has 0 saturated carbocycles. The lowest BCUT2D eigenvalue weighted by Crippen LogP contribution is -2.48. The van der Waals surface area contributed by atoms with Crippen molar-refractivity contribution < 1.29 is 17.9 Å². The maximum absolute atomic E-state index is 13.2. The van der Waals surface area contributed by atoms with E-state index in [1.807, 2.05) is 22.9 Å². The second-order valence-corrected chi connectivity index (χ2v) is 18.9. The molecule has 1 radical (unpaired) electrons. The minimum absolute atomic E-state index is 0.167. The molecular formula is C23H35BN7O4SSi. The molecule has 2 atom stereocenters. The highest BCUT2D eigenvalue weighted by Crippen LogP contribution is 2.44. The Hall–Kier alpha value is -2.31. The van der Waals surface area contributed by atoms with E-state index in [2.05, 4.69) is 41.4 Å². The van der Waals surface area contributed by atoms with Crippen LogP contribution in [0.1, 0.15) is 13.3 Å². The summed E-state index contributed by atoms with van der Waals surface area (Å²) < 4.78 is 36.5. The number of nitrogens with zero attached hydrogens (tertiary/aromatic N) is 7. The third kappa shape index (κ3) is 5.91. The van der Waals surface area contributed by atoms with Gasteiger partial charge in [-0.25, -0.2) is 14.2 Å². The van der Waals surface area contributed by atoms with Gasteiger partial charge in [0.15, 0.2) is 0 Å². The summed E-state index contributed by atoms with van der Waals surface area (Å²) in [7, 11) is -4.20. The lowest BCUT2D eigenvalue weighted by Gasteiger charge is -2.42. The lowest BCUT2D eigenvalue weighted by molar-refractivity contribution is 0.0899. The summed E-state index contributed by atoms with van der Waals surface area (Å²) in [6, 6.07) is 4.94. The Morgan fingerprint density at radius 3 is 2.84 bits per heavy atom. The number of ether oxygens (including phenoxy) is 1. The largest absolute Gasteiger partial charge is 0.361 e. The van der Waals surface area contributed by atoms with E-state index in [9.17, 15) is 13.2 Å². The van der Waals surface area contributed by atoms with Crippen molar-refractivity contribution in [3.05, 3.63) is 18.6 Å². The van der Waals surface area contributed by atoms with Crippen molar-refractivity contribution in [1.29, 1.82) is 5.26 Å². The van der Waals surface area contributed by atoms with Crippen LogP contribution in [-0.4, -0.2) is 92.5 Å². The van der Waals surface area contributed by atoms with E-state index >= 15 is 0 Å². The van der Waals surface area contributed by atoms with Gasteiger partial charge < -0.3 is 19.0 Å². The molecule has 0 aromatic carbocycles. The Balaban J connectivity index is 1.49. The number of carbonyl (C=O) groups excluding carboxylic acids is 1. The SMILES string of the molecule is C[C@@]12CN(c3ncnc4c3ccn4COCC[Si](C)(C)C)CC[C@@H]1CN(S(=O)(=O)N([B]C=O)CC#N)C2. The van der Waals surface area contributed by atoms with E-state index in [-0.39, 0.29) is 11.3 Å². The van der Waals surface area contributed by atoms with E-state index in [1.165, 1.54) is 4.31 Å². The number of hydrogen-bond acceptors (Lipinski definition) is 8. The molecular weight excluding hydrogens is 509 g/mol. The molecule has 4 heterocycles. The smallest absolute Gasteiger partial charge is 0.313 e. The van der Waals surface area contributed by atoms with Gasteiger partial charge >= 0.3 is 7.41 Å². The standard InChI is InChI=1S/C23H35BN7O4SSi/c1-23-14-28(8-5-19(23)13-30(15-23)36(33,34)31(10-7-25)24-16-32)21-20-6-9-29(22(20)27-17-26-21)18-35-11-12-37(2,3)4/h6,9,16-17,19H,5,8,10-15,18H2,1-4H3/t19-,23+/m1/s1.